The maximum absolute atomic E-state index is 11.0. The van der Waals surface area contributed by atoms with Gasteiger partial charge in [-0.15, -0.1) is 0 Å². The van der Waals surface area contributed by atoms with Gasteiger partial charge in [0.2, 0.25) is 6.79 Å². The lowest BCUT2D eigenvalue weighted by Gasteiger charge is -2.14. The fourth-order valence-corrected chi connectivity index (χ4v) is 1.97. The van der Waals surface area contributed by atoms with Gasteiger partial charge in [-0.25, -0.2) is 0 Å². The number of hydrogen-bond donors (Lipinski definition) is 1. The van der Waals surface area contributed by atoms with E-state index in [1.165, 1.54) is 6.07 Å². The van der Waals surface area contributed by atoms with Gasteiger partial charge >= 0.3 is 0 Å². The molecular formula is C12H16N2O4. The molecule has 1 unspecified atom stereocenters. The molecule has 1 aromatic carbocycles. The molecule has 18 heavy (non-hydrogen) atoms. The molecular weight excluding hydrogens is 236 g/mol. The summed E-state index contributed by atoms with van der Waals surface area (Å²) in [6.07, 6.45) is 1.97. The number of fused-ring (bicyclic) bond motifs is 1. The number of rotatable bonds is 5. The van der Waals surface area contributed by atoms with Crippen LogP contribution < -0.4 is 14.8 Å². The van der Waals surface area contributed by atoms with Crippen LogP contribution in [0.25, 0.3) is 0 Å². The SMILES string of the molecule is CCCC(C)Nc1cc2c(cc1[N+](=O)[O-])OCO2. The zero-order valence-corrected chi connectivity index (χ0v) is 10.4. The fourth-order valence-electron chi connectivity index (χ4n) is 1.97. The third-order valence-corrected chi connectivity index (χ3v) is 2.81. The first kappa shape index (κ1) is 12.5. The first-order valence-corrected chi connectivity index (χ1v) is 5.96. The molecule has 1 atom stereocenters. The summed E-state index contributed by atoms with van der Waals surface area (Å²) in [5.74, 6) is 0.974. The van der Waals surface area contributed by atoms with Crippen molar-refractivity contribution in [1.82, 2.24) is 0 Å². The molecule has 0 aliphatic carbocycles. The number of nitrogens with one attached hydrogen (secondary N) is 1. The Kier molecular flexibility index (Phi) is 3.55. The highest BCUT2D eigenvalue weighted by Crippen LogP contribution is 2.40. The Labute approximate surface area is 105 Å². The van der Waals surface area contributed by atoms with Crippen molar-refractivity contribution in [2.75, 3.05) is 12.1 Å². The predicted octanol–water partition coefficient (Wildman–Crippen LogP) is 2.92. The lowest BCUT2D eigenvalue weighted by atomic mass is 10.1. The molecule has 6 nitrogen and oxygen atoms in total. The average molecular weight is 252 g/mol. The van der Waals surface area contributed by atoms with Crippen molar-refractivity contribution in [3.05, 3.63) is 22.2 Å². The van der Waals surface area contributed by atoms with Gasteiger partial charge in [-0.2, -0.15) is 0 Å². The zero-order valence-electron chi connectivity index (χ0n) is 10.4. The minimum atomic E-state index is -0.414. The molecule has 0 amide bonds. The molecule has 1 heterocycles. The molecule has 1 N–H and O–H groups in total. The molecule has 0 saturated carbocycles. The van der Waals surface area contributed by atoms with E-state index in [1.54, 1.807) is 6.07 Å². The van der Waals surface area contributed by atoms with Crippen LogP contribution in [0.4, 0.5) is 11.4 Å². The Morgan fingerprint density at radius 3 is 2.72 bits per heavy atom. The standard InChI is InChI=1S/C12H16N2O4/c1-3-4-8(2)13-9-5-11-12(18-7-17-11)6-10(9)14(15)16/h5-6,8,13H,3-4,7H2,1-2H3. The minimum absolute atomic E-state index is 0.0159. The van der Waals surface area contributed by atoms with Crippen molar-refractivity contribution in [1.29, 1.82) is 0 Å². The van der Waals surface area contributed by atoms with Crippen LogP contribution in [0, 0.1) is 10.1 Å². The molecule has 1 aromatic rings. The summed E-state index contributed by atoms with van der Waals surface area (Å²) in [5.41, 5.74) is 0.493. The molecule has 6 heteroatoms. The molecule has 0 radical (unpaired) electrons. The van der Waals surface area contributed by atoms with Crippen LogP contribution in [-0.4, -0.2) is 17.8 Å². The van der Waals surface area contributed by atoms with E-state index in [1.807, 2.05) is 6.92 Å². The summed E-state index contributed by atoms with van der Waals surface area (Å²) in [6.45, 7) is 4.19. The predicted molar refractivity (Wildman–Crippen MR) is 67.2 cm³/mol. The van der Waals surface area contributed by atoms with E-state index >= 15 is 0 Å². The maximum atomic E-state index is 11.0. The van der Waals surface area contributed by atoms with Crippen molar-refractivity contribution in [2.24, 2.45) is 0 Å². The average Bonchev–Trinajstić information content (AvgIpc) is 2.74. The second kappa shape index (κ2) is 5.12. The number of hydrogen-bond acceptors (Lipinski definition) is 5. The van der Waals surface area contributed by atoms with Gasteiger partial charge in [0.25, 0.3) is 5.69 Å². The third-order valence-electron chi connectivity index (χ3n) is 2.81. The second-order valence-corrected chi connectivity index (χ2v) is 4.31. The molecule has 98 valence electrons. The van der Waals surface area contributed by atoms with Gasteiger partial charge in [-0.1, -0.05) is 13.3 Å². The Hall–Kier alpha value is -1.98. The lowest BCUT2D eigenvalue weighted by Crippen LogP contribution is -2.15. The van der Waals surface area contributed by atoms with Gasteiger partial charge in [-0.3, -0.25) is 10.1 Å². The summed E-state index contributed by atoms with van der Waals surface area (Å²) in [6, 6.07) is 3.21. The Morgan fingerprint density at radius 1 is 1.44 bits per heavy atom. The van der Waals surface area contributed by atoms with Crippen LogP contribution in [0.2, 0.25) is 0 Å². The first-order chi connectivity index (χ1) is 8.61. The number of ether oxygens (including phenoxy) is 2. The van der Waals surface area contributed by atoms with Gasteiger partial charge < -0.3 is 14.8 Å². The molecule has 0 saturated heterocycles. The topological polar surface area (TPSA) is 73.6 Å². The Morgan fingerprint density at radius 2 is 2.11 bits per heavy atom. The molecule has 1 aliphatic heterocycles. The molecule has 2 rings (SSSR count). The summed E-state index contributed by atoms with van der Waals surface area (Å²) < 4.78 is 10.4. The lowest BCUT2D eigenvalue weighted by molar-refractivity contribution is -0.384. The number of nitro groups is 1. The minimum Gasteiger partial charge on any atom is -0.454 e. The Balaban J connectivity index is 2.29. The first-order valence-electron chi connectivity index (χ1n) is 5.96. The molecule has 0 bridgehead atoms. The van der Waals surface area contributed by atoms with E-state index in [2.05, 4.69) is 12.2 Å². The van der Waals surface area contributed by atoms with Gasteiger partial charge in [-0.05, 0) is 13.3 Å². The highest BCUT2D eigenvalue weighted by atomic mass is 16.7. The molecule has 0 aromatic heterocycles. The van der Waals surface area contributed by atoms with E-state index in [0.717, 1.165) is 12.8 Å². The second-order valence-electron chi connectivity index (χ2n) is 4.31. The van der Waals surface area contributed by atoms with Crippen LogP contribution in [0.1, 0.15) is 26.7 Å². The summed E-state index contributed by atoms with van der Waals surface area (Å²) in [5, 5.41) is 14.2. The number of benzene rings is 1. The normalized spacial score (nSPS) is 14.3. The highest BCUT2D eigenvalue weighted by Gasteiger charge is 2.23. The summed E-state index contributed by atoms with van der Waals surface area (Å²) in [7, 11) is 0. The van der Waals surface area contributed by atoms with Crippen LogP contribution in [0.15, 0.2) is 12.1 Å². The van der Waals surface area contributed by atoms with E-state index < -0.39 is 4.92 Å². The third kappa shape index (κ3) is 2.47. The van der Waals surface area contributed by atoms with Crippen molar-refractivity contribution in [2.45, 2.75) is 32.7 Å². The van der Waals surface area contributed by atoms with Gasteiger partial charge in [0, 0.05) is 12.1 Å². The maximum Gasteiger partial charge on any atom is 0.296 e. The van der Waals surface area contributed by atoms with Crippen LogP contribution in [0.5, 0.6) is 11.5 Å². The van der Waals surface area contributed by atoms with Crippen molar-refractivity contribution < 1.29 is 14.4 Å². The van der Waals surface area contributed by atoms with E-state index in [-0.39, 0.29) is 18.5 Å². The smallest absolute Gasteiger partial charge is 0.296 e. The molecule has 1 aliphatic rings. The molecule has 0 fully saturated rings. The van der Waals surface area contributed by atoms with Gasteiger partial charge in [0.15, 0.2) is 11.5 Å². The number of anilines is 1. The largest absolute Gasteiger partial charge is 0.454 e. The van der Waals surface area contributed by atoms with Crippen LogP contribution >= 0.6 is 0 Å². The van der Waals surface area contributed by atoms with Crippen LogP contribution in [-0.2, 0) is 0 Å². The number of nitro benzene ring substituents is 1. The quantitative estimate of drug-likeness (QED) is 0.644. The summed E-state index contributed by atoms with van der Waals surface area (Å²) in [4.78, 5) is 10.6. The van der Waals surface area contributed by atoms with E-state index in [9.17, 15) is 10.1 Å². The van der Waals surface area contributed by atoms with Crippen molar-refractivity contribution >= 4 is 11.4 Å². The van der Waals surface area contributed by atoms with Crippen molar-refractivity contribution in [3.8, 4) is 11.5 Å². The summed E-state index contributed by atoms with van der Waals surface area (Å²) >= 11 is 0. The number of nitrogens with zero attached hydrogens (tertiary/aromatic N) is 1. The highest BCUT2D eigenvalue weighted by molar-refractivity contribution is 5.69. The van der Waals surface area contributed by atoms with E-state index in [0.29, 0.717) is 17.2 Å². The van der Waals surface area contributed by atoms with Crippen molar-refractivity contribution in [3.63, 3.8) is 0 Å². The van der Waals surface area contributed by atoms with Crippen LogP contribution in [0.3, 0.4) is 0 Å². The van der Waals surface area contributed by atoms with Gasteiger partial charge in [0.1, 0.15) is 5.69 Å². The van der Waals surface area contributed by atoms with E-state index in [4.69, 9.17) is 9.47 Å². The molecule has 0 spiro atoms. The zero-order chi connectivity index (χ0) is 13.1. The monoisotopic (exact) mass is 252 g/mol. The van der Waals surface area contributed by atoms with Gasteiger partial charge in [0.05, 0.1) is 11.0 Å². The fraction of sp³-hybridized carbons (Fsp3) is 0.500. The Bertz CT molecular complexity index is 462.